The van der Waals surface area contributed by atoms with Crippen molar-refractivity contribution in [2.75, 3.05) is 38.1 Å². The minimum atomic E-state index is -3.92. The summed E-state index contributed by atoms with van der Waals surface area (Å²) in [5.74, 6) is -0.0163. The Morgan fingerprint density at radius 2 is 1.72 bits per heavy atom. The summed E-state index contributed by atoms with van der Waals surface area (Å²) in [6.07, 6.45) is 7.04. The Labute approximate surface area is 280 Å². The van der Waals surface area contributed by atoms with Gasteiger partial charge in [0.15, 0.2) is 0 Å². The first-order valence-electron chi connectivity index (χ1n) is 17.1. The van der Waals surface area contributed by atoms with E-state index in [0.717, 1.165) is 50.5 Å². The Morgan fingerprint density at radius 3 is 2.40 bits per heavy atom. The molecule has 2 aliphatic rings. The molecule has 0 saturated heterocycles. The van der Waals surface area contributed by atoms with E-state index in [1.165, 1.54) is 24.6 Å². The van der Waals surface area contributed by atoms with Crippen LogP contribution in [0.4, 0.5) is 5.69 Å². The van der Waals surface area contributed by atoms with Crippen molar-refractivity contribution in [3.63, 3.8) is 0 Å². The van der Waals surface area contributed by atoms with Gasteiger partial charge in [-0.25, -0.2) is 8.42 Å². The number of likely N-dealkylation sites (N-methyl/N-ethyl adjacent to an activating group) is 1. The van der Waals surface area contributed by atoms with Gasteiger partial charge in [0.2, 0.25) is 5.91 Å². The number of nitrogens with zero attached hydrogens (tertiary/aromatic N) is 2. The number of sulfonamides is 1. The lowest BCUT2D eigenvalue weighted by atomic mass is 9.88. The summed E-state index contributed by atoms with van der Waals surface area (Å²) in [5, 5.41) is 10.2. The molecule has 4 atom stereocenters. The fourth-order valence-corrected chi connectivity index (χ4v) is 7.45. The molecule has 2 aromatic carbocycles. The number of aryl methyl sites for hydroxylation is 1. The zero-order valence-corrected chi connectivity index (χ0v) is 29.4. The minimum Gasteiger partial charge on any atom is -0.490 e. The largest absolute Gasteiger partial charge is 0.490 e. The van der Waals surface area contributed by atoms with Gasteiger partial charge in [-0.15, -0.1) is 0 Å². The van der Waals surface area contributed by atoms with E-state index in [4.69, 9.17) is 9.47 Å². The molecule has 2 N–H and O–H groups in total. The van der Waals surface area contributed by atoms with Gasteiger partial charge in [-0.1, -0.05) is 43.9 Å². The Hall–Kier alpha value is -3.15. The topological polar surface area (TPSA) is 125 Å². The minimum absolute atomic E-state index is 0.0469. The van der Waals surface area contributed by atoms with E-state index in [2.05, 4.69) is 4.72 Å². The average Bonchev–Trinajstić information content (AvgIpc) is 3.06. The number of aliphatic hydroxyl groups excluding tert-OH is 1. The zero-order valence-electron chi connectivity index (χ0n) is 28.6. The molecule has 1 fully saturated rings. The fourth-order valence-electron chi connectivity index (χ4n) is 6.40. The molecule has 1 aliphatic heterocycles. The fraction of sp³-hybridized carbons (Fsp3) is 0.611. The molecule has 1 aliphatic carbocycles. The van der Waals surface area contributed by atoms with Crippen molar-refractivity contribution in [3.8, 4) is 5.75 Å². The predicted molar refractivity (Wildman–Crippen MR) is 183 cm³/mol. The smallest absolute Gasteiger partial charge is 0.261 e. The second-order valence-corrected chi connectivity index (χ2v) is 15.2. The SMILES string of the molecule is Cc1ccc(S(=O)(=O)Nc2ccc3c(c2)C(=O)N([C@@H](C)CO)C[C@H](C)[C@H](CN(C)C(=O)C2CCCCC2)OCCCC[C@@H](C)O3)cc1. The monoisotopic (exact) mass is 671 g/mol. The summed E-state index contributed by atoms with van der Waals surface area (Å²) >= 11 is 0. The summed E-state index contributed by atoms with van der Waals surface area (Å²) in [6.45, 7) is 8.53. The van der Waals surface area contributed by atoms with Crippen molar-refractivity contribution in [3.05, 3.63) is 53.6 Å². The van der Waals surface area contributed by atoms with Crippen molar-refractivity contribution in [1.29, 1.82) is 0 Å². The van der Waals surface area contributed by atoms with E-state index in [1.807, 2.05) is 27.8 Å². The number of carbonyl (C=O) groups is 2. The van der Waals surface area contributed by atoms with Gasteiger partial charge in [0.1, 0.15) is 5.75 Å². The zero-order chi connectivity index (χ0) is 34.1. The Morgan fingerprint density at radius 1 is 1.04 bits per heavy atom. The number of aliphatic hydroxyl groups is 1. The van der Waals surface area contributed by atoms with E-state index >= 15 is 0 Å². The van der Waals surface area contributed by atoms with Crippen LogP contribution < -0.4 is 9.46 Å². The summed E-state index contributed by atoms with van der Waals surface area (Å²) in [4.78, 5) is 31.2. The molecule has 0 spiro atoms. The quantitative estimate of drug-likeness (QED) is 0.373. The maximum absolute atomic E-state index is 14.4. The number of carbonyl (C=O) groups excluding carboxylic acids is 2. The number of rotatable bonds is 8. The number of amides is 2. The van der Waals surface area contributed by atoms with Gasteiger partial charge in [-0.2, -0.15) is 0 Å². The van der Waals surface area contributed by atoms with Crippen molar-refractivity contribution in [1.82, 2.24) is 9.80 Å². The van der Waals surface area contributed by atoms with E-state index in [-0.39, 0.29) is 65.2 Å². The maximum Gasteiger partial charge on any atom is 0.261 e. The molecule has 0 aromatic heterocycles. The van der Waals surface area contributed by atoms with E-state index < -0.39 is 16.1 Å². The molecule has 47 heavy (non-hydrogen) atoms. The lowest BCUT2D eigenvalue weighted by molar-refractivity contribution is -0.137. The molecule has 1 saturated carbocycles. The Kier molecular flexibility index (Phi) is 13.1. The highest BCUT2D eigenvalue weighted by Gasteiger charge is 2.32. The van der Waals surface area contributed by atoms with Crippen molar-refractivity contribution in [2.45, 2.75) is 102 Å². The van der Waals surface area contributed by atoms with Crippen molar-refractivity contribution >= 4 is 27.5 Å². The van der Waals surface area contributed by atoms with Crippen LogP contribution in [0.5, 0.6) is 5.75 Å². The number of hydrogen-bond donors (Lipinski definition) is 2. The van der Waals surface area contributed by atoms with Crippen molar-refractivity contribution in [2.24, 2.45) is 11.8 Å². The van der Waals surface area contributed by atoms with Gasteiger partial charge < -0.3 is 24.4 Å². The number of hydrogen-bond acceptors (Lipinski definition) is 7. The molecule has 0 bridgehead atoms. The van der Waals surface area contributed by atoms with Gasteiger partial charge in [0.25, 0.3) is 15.9 Å². The molecule has 11 heteroatoms. The maximum atomic E-state index is 14.4. The third kappa shape index (κ3) is 9.93. The van der Waals surface area contributed by atoms with Gasteiger partial charge in [-0.3, -0.25) is 14.3 Å². The summed E-state index contributed by atoms with van der Waals surface area (Å²) in [6, 6.07) is 10.7. The van der Waals surface area contributed by atoms with Crippen LogP contribution in [0.3, 0.4) is 0 Å². The first-order chi connectivity index (χ1) is 22.4. The third-order valence-electron chi connectivity index (χ3n) is 9.42. The van der Waals surface area contributed by atoms with E-state index in [9.17, 15) is 23.1 Å². The molecular formula is C36H53N3O7S. The van der Waals surface area contributed by atoms with Gasteiger partial charge >= 0.3 is 0 Å². The molecule has 10 nitrogen and oxygen atoms in total. The van der Waals surface area contributed by atoms with Crippen LogP contribution in [0.2, 0.25) is 0 Å². The summed E-state index contributed by atoms with van der Waals surface area (Å²) < 4.78 is 41.7. The third-order valence-corrected chi connectivity index (χ3v) is 10.8. The van der Waals surface area contributed by atoms with Crippen LogP contribution in [0.1, 0.15) is 88.1 Å². The highest BCUT2D eigenvalue weighted by molar-refractivity contribution is 7.92. The molecular weight excluding hydrogens is 618 g/mol. The molecule has 2 aromatic rings. The van der Waals surface area contributed by atoms with Gasteiger partial charge in [0.05, 0.1) is 35.3 Å². The highest BCUT2D eigenvalue weighted by atomic mass is 32.2. The molecule has 4 rings (SSSR count). The van der Waals surface area contributed by atoms with E-state index in [1.54, 1.807) is 41.0 Å². The van der Waals surface area contributed by atoms with Gasteiger partial charge in [-0.05, 0) is 83.2 Å². The summed E-state index contributed by atoms with van der Waals surface area (Å²) in [7, 11) is -2.08. The second kappa shape index (κ2) is 16.8. The van der Waals surface area contributed by atoms with Crippen molar-refractivity contribution < 1.29 is 32.6 Å². The molecule has 2 amide bonds. The number of anilines is 1. The van der Waals surface area contributed by atoms with Crippen LogP contribution in [-0.2, 0) is 19.6 Å². The highest BCUT2D eigenvalue weighted by Crippen LogP contribution is 2.30. The summed E-state index contributed by atoms with van der Waals surface area (Å²) in [5.41, 5.74) is 1.37. The Bertz CT molecular complexity index is 1440. The van der Waals surface area contributed by atoms with Crippen LogP contribution in [0, 0.1) is 18.8 Å². The molecule has 1 heterocycles. The predicted octanol–water partition coefficient (Wildman–Crippen LogP) is 5.63. The molecule has 0 radical (unpaired) electrons. The normalized spacial score (nSPS) is 22.8. The Balaban J connectivity index is 1.64. The lowest BCUT2D eigenvalue weighted by Crippen LogP contribution is -2.48. The van der Waals surface area contributed by atoms with E-state index in [0.29, 0.717) is 18.9 Å². The van der Waals surface area contributed by atoms with Crippen LogP contribution in [-0.4, -0.2) is 86.7 Å². The first-order valence-corrected chi connectivity index (χ1v) is 18.6. The number of benzene rings is 2. The van der Waals surface area contributed by atoms with Crippen LogP contribution in [0.25, 0.3) is 0 Å². The number of ether oxygens (including phenoxy) is 2. The second-order valence-electron chi connectivity index (χ2n) is 13.5. The van der Waals surface area contributed by atoms with Crippen LogP contribution in [0.15, 0.2) is 47.4 Å². The number of nitrogens with one attached hydrogen (secondary N) is 1. The molecule has 260 valence electrons. The first kappa shape index (κ1) is 36.7. The number of fused-ring (bicyclic) bond motifs is 1. The van der Waals surface area contributed by atoms with Gasteiger partial charge in [0, 0.05) is 44.3 Å². The molecule has 0 unspecified atom stereocenters. The average molecular weight is 672 g/mol. The lowest BCUT2D eigenvalue weighted by Gasteiger charge is -2.36. The van der Waals surface area contributed by atoms with Crippen LogP contribution >= 0.6 is 0 Å². The standard InChI is InChI=1S/C36H53N3O7S/c1-25-14-17-31(18-15-25)47(43,44)37-30-16-19-33-32(21-30)36(42)39(27(3)24-40)22-26(2)34(45-20-10-9-11-28(4)46-33)23-38(5)35(41)29-12-7-6-8-13-29/h14-19,21,26-29,34,37,40H,6-13,20,22-24H2,1-5H3/t26-,27-,28+,34-/m0/s1.